The molecule has 0 aromatic rings. The number of carbonyl (C=O) groups excluding carboxylic acids is 2. The third kappa shape index (κ3) is 4.71. The average Bonchev–Trinajstić information content (AvgIpc) is 2.89. The minimum absolute atomic E-state index is 0.00516. The van der Waals surface area contributed by atoms with Crippen LogP contribution in [0.3, 0.4) is 0 Å². The van der Waals surface area contributed by atoms with Crippen molar-refractivity contribution in [3.8, 4) is 0 Å². The van der Waals surface area contributed by atoms with Gasteiger partial charge < -0.3 is 21.5 Å². The van der Waals surface area contributed by atoms with Gasteiger partial charge in [-0.05, 0) is 26.2 Å². The molecule has 0 heterocycles. The van der Waals surface area contributed by atoms with Crippen molar-refractivity contribution in [3.05, 3.63) is 0 Å². The summed E-state index contributed by atoms with van der Waals surface area (Å²) in [6, 6.07) is -1.62. The third-order valence-corrected chi connectivity index (χ3v) is 2.70. The summed E-state index contributed by atoms with van der Waals surface area (Å²) in [6.07, 6.45) is 1.70. The van der Waals surface area contributed by atoms with Crippen molar-refractivity contribution in [2.75, 3.05) is 0 Å². The molecule has 1 rings (SSSR count). The highest BCUT2D eigenvalue weighted by Crippen LogP contribution is 2.33. The lowest BCUT2D eigenvalue weighted by Gasteiger charge is -2.17. The molecule has 3 amide bonds. The number of urea groups is 1. The molecule has 0 radical (unpaired) electrons. The molecule has 17 heavy (non-hydrogen) atoms. The van der Waals surface area contributed by atoms with Gasteiger partial charge in [-0.25, -0.2) is 9.59 Å². The molecule has 0 unspecified atom stereocenters. The maximum Gasteiger partial charge on any atom is 0.326 e. The molecule has 96 valence electrons. The molecule has 0 saturated heterocycles. The van der Waals surface area contributed by atoms with Crippen LogP contribution in [0.1, 0.15) is 32.6 Å². The maximum atomic E-state index is 11.5. The van der Waals surface area contributed by atoms with Gasteiger partial charge in [0.15, 0.2) is 0 Å². The number of carboxylic acids is 1. The van der Waals surface area contributed by atoms with E-state index in [-0.39, 0.29) is 18.4 Å². The largest absolute Gasteiger partial charge is 0.480 e. The minimum Gasteiger partial charge on any atom is -0.480 e. The van der Waals surface area contributed by atoms with E-state index in [1.54, 1.807) is 0 Å². The monoisotopic (exact) mass is 243 g/mol. The fourth-order valence-corrected chi connectivity index (χ4v) is 1.32. The van der Waals surface area contributed by atoms with Crippen LogP contribution >= 0.6 is 0 Å². The quantitative estimate of drug-likeness (QED) is 0.505. The predicted octanol–water partition coefficient (Wildman–Crippen LogP) is -0.443. The van der Waals surface area contributed by atoms with Crippen LogP contribution in [0.4, 0.5) is 4.79 Å². The first kappa shape index (κ1) is 13.3. The lowest BCUT2D eigenvalue weighted by molar-refractivity contribution is -0.139. The van der Waals surface area contributed by atoms with Crippen LogP contribution in [0.15, 0.2) is 0 Å². The molecule has 1 atom stereocenters. The zero-order valence-electron chi connectivity index (χ0n) is 9.66. The molecule has 0 aromatic carbocycles. The Morgan fingerprint density at radius 1 is 1.41 bits per heavy atom. The molecule has 1 aliphatic carbocycles. The van der Waals surface area contributed by atoms with Crippen LogP contribution in [0.5, 0.6) is 0 Å². The molecule has 1 fully saturated rings. The summed E-state index contributed by atoms with van der Waals surface area (Å²) in [5.41, 5.74) is 4.71. The number of aliphatic carboxylic acids is 1. The third-order valence-electron chi connectivity index (χ3n) is 2.70. The van der Waals surface area contributed by atoms with E-state index in [1.165, 1.54) is 0 Å². The van der Waals surface area contributed by atoms with Crippen LogP contribution in [-0.2, 0) is 9.59 Å². The molecule has 0 bridgehead atoms. The number of carbonyl (C=O) groups is 3. The summed E-state index contributed by atoms with van der Waals surface area (Å²) < 4.78 is 0. The summed E-state index contributed by atoms with van der Waals surface area (Å²) >= 11 is 0. The second-order valence-corrected chi connectivity index (χ2v) is 4.55. The van der Waals surface area contributed by atoms with Crippen LogP contribution in [-0.4, -0.2) is 34.6 Å². The van der Waals surface area contributed by atoms with E-state index in [2.05, 4.69) is 10.6 Å². The standard InChI is InChI=1S/C10H17N3O4/c1-10(4-5-10)13-9(17)12-6(8(15)16)2-3-7(11)14/h6H,2-5H2,1H3,(H2,11,14)(H,15,16)(H2,12,13,17)/t6-/m0/s1. The Morgan fingerprint density at radius 2 is 2.00 bits per heavy atom. The molecular formula is C10H17N3O4. The molecular weight excluding hydrogens is 226 g/mol. The van der Waals surface area contributed by atoms with Crippen LogP contribution < -0.4 is 16.4 Å². The number of nitrogens with two attached hydrogens (primary N) is 1. The van der Waals surface area contributed by atoms with Crippen LogP contribution in [0.25, 0.3) is 0 Å². The summed E-state index contributed by atoms with van der Waals surface area (Å²) in [6.45, 7) is 1.88. The number of carboxylic acid groups (broad SMARTS) is 1. The number of rotatable bonds is 6. The highest BCUT2D eigenvalue weighted by Gasteiger charge is 2.39. The van der Waals surface area contributed by atoms with E-state index in [4.69, 9.17) is 10.8 Å². The van der Waals surface area contributed by atoms with Gasteiger partial charge in [-0.15, -0.1) is 0 Å². The van der Waals surface area contributed by atoms with Gasteiger partial charge in [-0.1, -0.05) is 0 Å². The molecule has 1 saturated carbocycles. The lowest BCUT2D eigenvalue weighted by Crippen LogP contribution is -2.49. The molecule has 7 heteroatoms. The summed E-state index contributed by atoms with van der Waals surface area (Å²) in [7, 11) is 0. The Kier molecular flexibility index (Phi) is 3.93. The minimum atomic E-state index is -1.18. The Morgan fingerprint density at radius 3 is 2.41 bits per heavy atom. The van der Waals surface area contributed by atoms with E-state index >= 15 is 0 Å². The fourth-order valence-electron chi connectivity index (χ4n) is 1.32. The van der Waals surface area contributed by atoms with Gasteiger partial charge in [0, 0.05) is 12.0 Å². The Bertz CT molecular complexity index is 338. The van der Waals surface area contributed by atoms with E-state index in [1.807, 2.05) is 6.92 Å². The average molecular weight is 243 g/mol. The normalized spacial score (nSPS) is 17.9. The zero-order chi connectivity index (χ0) is 13.1. The lowest BCUT2D eigenvalue weighted by atomic mass is 10.1. The van der Waals surface area contributed by atoms with Crippen molar-refractivity contribution in [1.29, 1.82) is 0 Å². The van der Waals surface area contributed by atoms with E-state index in [0.29, 0.717) is 0 Å². The number of nitrogens with one attached hydrogen (secondary N) is 2. The van der Waals surface area contributed by atoms with E-state index in [9.17, 15) is 14.4 Å². The highest BCUT2D eigenvalue weighted by molar-refractivity contribution is 5.83. The Hall–Kier alpha value is -1.79. The summed E-state index contributed by atoms with van der Waals surface area (Å²) in [5.74, 6) is -1.77. The van der Waals surface area contributed by atoms with Gasteiger partial charge in [-0.2, -0.15) is 0 Å². The van der Waals surface area contributed by atoms with Crippen molar-refractivity contribution in [3.63, 3.8) is 0 Å². The van der Waals surface area contributed by atoms with Crippen LogP contribution in [0.2, 0.25) is 0 Å². The molecule has 0 aliphatic heterocycles. The number of amides is 3. The number of primary amides is 1. The van der Waals surface area contributed by atoms with Crippen molar-refractivity contribution >= 4 is 17.9 Å². The van der Waals surface area contributed by atoms with Crippen molar-refractivity contribution in [2.45, 2.75) is 44.2 Å². The molecule has 0 spiro atoms. The first-order chi connectivity index (χ1) is 7.82. The Labute approximate surface area is 98.7 Å². The predicted molar refractivity (Wildman–Crippen MR) is 59.2 cm³/mol. The number of hydrogen-bond donors (Lipinski definition) is 4. The topological polar surface area (TPSA) is 122 Å². The first-order valence-corrected chi connectivity index (χ1v) is 5.42. The van der Waals surface area contributed by atoms with Gasteiger partial charge in [0.2, 0.25) is 5.91 Å². The van der Waals surface area contributed by atoms with Crippen molar-refractivity contribution < 1.29 is 19.5 Å². The molecule has 5 N–H and O–H groups in total. The van der Waals surface area contributed by atoms with Crippen molar-refractivity contribution in [2.24, 2.45) is 5.73 Å². The van der Waals surface area contributed by atoms with Gasteiger partial charge >= 0.3 is 12.0 Å². The fraction of sp³-hybridized carbons (Fsp3) is 0.700. The molecule has 7 nitrogen and oxygen atoms in total. The van der Waals surface area contributed by atoms with Gasteiger partial charge in [0.05, 0.1) is 0 Å². The summed E-state index contributed by atoms with van der Waals surface area (Å²) in [5, 5.41) is 13.8. The zero-order valence-corrected chi connectivity index (χ0v) is 9.66. The smallest absolute Gasteiger partial charge is 0.326 e. The second kappa shape index (κ2) is 5.03. The maximum absolute atomic E-state index is 11.5. The number of hydrogen-bond acceptors (Lipinski definition) is 3. The SMILES string of the molecule is CC1(NC(=O)N[C@@H](CCC(N)=O)C(=O)O)CC1. The molecule has 0 aromatic heterocycles. The van der Waals surface area contributed by atoms with Crippen molar-refractivity contribution in [1.82, 2.24) is 10.6 Å². The summed E-state index contributed by atoms with van der Waals surface area (Å²) in [4.78, 5) is 32.8. The first-order valence-electron chi connectivity index (χ1n) is 5.42. The van der Waals surface area contributed by atoms with Crippen LogP contribution in [0, 0.1) is 0 Å². The highest BCUT2D eigenvalue weighted by atomic mass is 16.4. The molecule has 1 aliphatic rings. The van der Waals surface area contributed by atoms with Gasteiger partial charge in [0.1, 0.15) is 6.04 Å². The van der Waals surface area contributed by atoms with Gasteiger partial charge in [-0.3, -0.25) is 4.79 Å². The van der Waals surface area contributed by atoms with Gasteiger partial charge in [0.25, 0.3) is 0 Å². The second-order valence-electron chi connectivity index (χ2n) is 4.55. The van der Waals surface area contributed by atoms with E-state index < -0.39 is 23.9 Å². The van der Waals surface area contributed by atoms with E-state index in [0.717, 1.165) is 12.8 Å². The Balaban J connectivity index is 2.39.